The summed E-state index contributed by atoms with van der Waals surface area (Å²) < 4.78 is 2.31. The van der Waals surface area contributed by atoms with E-state index < -0.39 is 11.9 Å². The van der Waals surface area contributed by atoms with Crippen molar-refractivity contribution in [1.29, 1.82) is 0 Å². The van der Waals surface area contributed by atoms with Crippen LogP contribution in [0.2, 0.25) is 10.0 Å². The molecule has 0 atom stereocenters. The number of amides is 3. The van der Waals surface area contributed by atoms with Crippen molar-refractivity contribution >= 4 is 86.1 Å². The zero-order valence-electron chi connectivity index (χ0n) is 16.4. The van der Waals surface area contributed by atoms with Gasteiger partial charge in [0.05, 0.1) is 15.0 Å². The minimum absolute atomic E-state index is 0.235. The molecule has 0 radical (unpaired) electrons. The fraction of sp³-hybridized carbons (Fsp3) is 0.0952. The molecule has 0 unspecified atom stereocenters. The highest BCUT2D eigenvalue weighted by Gasteiger charge is 2.34. The highest BCUT2D eigenvalue weighted by Crippen LogP contribution is 2.35. The molecule has 0 bridgehead atoms. The fourth-order valence-electron chi connectivity index (χ4n) is 3.26. The number of hydrazine groups is 1. The highest BCUT2D eigenvalue weighted by atomic mass is 35.5. The van der Waals surface area contributed by atoms with Crippen molar-refractivity contribution in [3.05, 3.63) is 68.7 Å². The Bertz CT molecular complexity index is 1290. The number of aryl methyl sites for hydroxylation is 1. The average molecular weight is 491 g/mol. The van der Waals surface area contributed by atoms with Gasteiger partial charge in [-0.3, -0.25) is 4.79 Å². The number of anilines is 1. The lowest BCUT2D eigenvalue weighted by Gasteiger charge is -2.16. The molecule has 10 heteroatoms. The van der Waals surface area contributed by atoms with Crippen LogP contribution in [-0.4, -0.2) is 25.8 Å². The summed E-state index contributed by atoms with van der Waals surface area (Å²) in [5.74, 6) is -0.397. The molecule has 2 N–H and O–H groups in total. The van der Waals surface area contributed by atoms with E-state index in [1.165, 1.54) is 6.07 Å². The van der Waals surface area contributed by atoms with E-state index in [1.54, 1.807) is 12.1 Å². The Labute approximate surface area is 198 Å². The number of rotatable bonds is 3. The molecule has 6 nitrogen and oxygen atoms in total. The number of nitrogens with zero attached hydrogens (tertiary/aromatic N) is 2. The van der Waals surface area contributed by atoms with Crippen molar-refractivity contribution in [2.24, 2.45) is 7.05 Å². The van der Waals surface area contributed by atoms with Gasteiger partial charge in [-0.1, -0.05) is 53.2 Å². The second-order valence-corrected chi connectivity index (χ2v) is 9.28. The number of urea groups is 1. The van der Waals surface area contributed by atoms with Gasteiger partial charge < -0.3 is 9.88 Å². The Morgan fingerprint density at radius 2 is 1.90 bits per heavy atom. The van der Waals surface area contributed by atoms with E-state index >= 15 is 0 Å². The molecule has 1 aliphatic heterocycles. The van der Waals surface area contributed by atoms with Crippen LogP contribution in [-0.2, 0) is 11.8 Å². The van der Waals surface area contributed by atoms with Crippen LogP contribution in [0.15, 0.2) is 47.4 Å². The highest BCUT2D eigenvalue weighted by molar-refractivity contribution is 8.26. The van der Waals surface area contributed by atoms with Gasteiger partial charge in [-0.25, -0.2) is 10.2 Å². The molecule has 0 aliphatic carbocycles. The fourth-order valence-corrected chi connectivity index (χ4v) is 4.72. The number of nitrogens with one attached hydrogen (secondary N) is 2. The number of benzene rings is 2. The van der Waals surface area contributed by atoms with Crippen molar-refractivity contribution in [2.75, 3.05) is 5.32 Å². The first-order valence-corrected chi connectivity index (χ1v) is 11.1. The lowest BCUT2D eigenvalue weighted by molar-refractivity contribution is -0.123. The molecule has 2 aromatic carbocycles. The Balaban J connectivity index is 1.55. The number of aromatic nitrogens is 1. The van der Waals surface area contributed by atoms with E-state index in [2.05, 4.69) is 15.3 Å². The van der Waals surface area contributed by atoms with Gasteiger partial charge in [0.25, 0.3) is 5.91 Å². The Hall–Kier alpha value is -2.52. The van der Waals surface area contributed by atoms with E-state index in [1.807, 2.05) is 44.3 Å². The third-order valence-corrected chi connectivity index (χ3v) is 6.95. The summed E-state index contributed by atoms with van der Waals surface area (Å²) in [6, 6.07) is 12.0. The topological polar surface area (TPSA) is 66.4 Å². The third-order valence-electron chi connectivity index (χ3n) is 4.91. The van der Waals surface area contributed by atoms with Crippen molar-refractivity contribution < 1.29 is 9.59 Å². The second kappa shape index (κ2) is 8.55. The molecule has 1 fully saturated rings. The zero-order chi connectivity index (χ0) is 22.3. The van der Waals surface area contributed by atoms with Crippen LogP contribution in [0.3, 0.4) is 0 Å². The summed E-state index contributed by atoms with van der Waals surface area (Å²) in [4.78, 5) is 25.7. The average Bonchev–Trinajstić information content (AvgIpc) is 3.14. The SMILES string of the molecule is Cc1c(/C=C2/SC(=S)N(NC(=O)Nc3ccc(Cl)c(Cl)c3)C2=O)c2ccccc2n1C. The molecular weight excluding hydrogens is 475 g/mol. The minimum atomic E-state index is -0.628. The Kier molecular flexibility index (Phi) is 5.98. The summed E-state index contributed by atoms with van der Waals surface area (Å²) in [7, 11) is 1.98. The summed E-state index contributed by atoms with van der Waals surface area (Å²) in [6.45, 7) is 2.00. The first-order valence-electron chi connectivity index (χ1n) is 9.11. The van der Waals surface area contributed by atoms with E-state index in [0.29, 0.717) is 20.6 Å². The van der Waals surface area contributed by atoms with Crippen LogP contribution < -0.4 is 10.7 Å². The first-order chi connectivity index (χ1) is 14.8. The number of halogens is 2. The van der Waals surface area contributed by atoms with Gasteiger partial charge >= 0.3 is 6.03 Å². The van der Waals surface area contributed by atoms with Crippen LogP contribution in [0.4, 0.5) is 10.5 Å². The van der Waals surface area contributed by atoms with Crippen LogP contribution >= 0.6 is 47.2 Å². The number of carbonyl (C=O) groups is 2. The van der Waals surface area contributed by atoms with Crippen molar-refractivity contribution in [2.45, 2.75) is 6.92 Å². The van der Waals surface area contributed by atoms with Gasteiger partial charge in [0.15, 0.2) is 4.32 Å². The largest absolute Gasteiger partial charge is 0.347 e. The van der Waals surface area contributed by atoms with Gasteiger partial charge in [0, 0.05) is 34.9 Å². The van der Waals surface area contributed by atoms with Crippen LogP contribution in [0.5, 0.6) is 0 Å². The molecule has 31 heavy (non-hydrogen) atoms. The van der Waals surface area contributed by atoms with Gasteiger partial charge in [-0.2, -0.15) is 5.01 Å². The van der Waals surface area contributed by atoms with Gasteiger partial charge in [-0.05, 0) is 49.5 Å². The van der Waals surface area contributed by atoms with Crippen LogP contribution in [0.1, 0.15) is 11.3 Å². The maximum absolute atomic E-state index is 12.9. The van der Waals surface area contributed by atoms with E-state index in [4.69, 9.17) is 35.4 Å². The number of thiocarbonyl (C=S) groups is 1. The summed E-state index contributed by atoms with van der Waals surface area (Å²) >= 11 is 18.3. The number of thioether (sulfide) groups is 1. The molecule has 1 aromatic heterocycles. The predicted octanol–water partition coefficient (Wildman–Crippen LogP) is 5.73. The number of para-hydroxylation sites is 1. The maximum Gasteiger partial charge on any atom is 0.338 e. The summed E-state index contributed by atoms with van der Waals surface area (Å²) in [6.07, 6.45) is 1.81. The van der Waals surface area contributed by atoms with E-state index in [9.17, 15) is 9.59 Å². The number of hydrogen-bond acceptors (Lipinski definition) is 4. The number of carbonyl (C=O) groups excluding carboxylic acids is 2. The molecule has 3 amide bonds. The van der Waals surface area contributed by atoms with Crippen LogP contribution in [0, 0.1) is 6.92 Å². The minimum Gasteiger partial charge on any atom is -0.347 e. The summed E-state index contributed by atoms with van der Waals surface area (Å²) in [5, 5.41) is 5.37. The van der Waals surface area contributed by atoms with E-state index in [-0.39, 0.29) is 4.32 Å². The summed E-state index contributed by atoms with van der Waals surface area (Å²) in [5.41, 5.74) is 5.95. The second-order valence-electron chi connectivity index (χ2n) is 6.79. The number of fused-ring (bicyclic) bond motifs is 1. The molecule has 2 heterocycles. The lowest BCUT2D eigenvalue weighted by Crippen LogP contribution is -2.46. The molecule has 158 valence electrons. The van der Waals surface area contributed by atoms with Crippen LogP contribution in [0.25, 0.3) is 17.0 Å². The number of hydrogen-bond donors (Lipinski definition) is 2. The molecule has 1 saturated heterocycles. The lowest BCUT2D eigenvalue weighted by atomic mass is 10.1. The first kappa shape index (κ1) is 21.7. The van der Waals surface area contributed by atoms with Gasteiger partial charge in [0.1, 0.15) is 0 Å². The van der Waals surface area contributed by atoms with Gasteiger partial charge in [-0.15, -0.1) is 0 Å². The molecule has 1 aliphatic rings. The molecule has 0 spiro atoms. The standard InChI is InChI=1S/C21H16Cl2N4O2S2/c1-11-14(13-5-3-4-6-17(13)26(11)2)10-18-19(28)27(21(30)31-18)25-20(29)24-12-7-8-15(22)16(23)9-12/h3-10H,1-2H3,(H2,24,25,29)/b18-10+. The Morgan fingerprint density at radius 1 is 1.16 bits per heavy atom. The smallest absolute Gasteiger partial charge is 0.338 e. The molecule has 3 aromatic rings. The molecule has 4 rings (SSSR count). The predicted molar refractivity (Wildman–Crippen MR) is 131 cm³/mol. The quantitative estimate of drug-likeness (QED) is 0.363. The maximum atomic E-state index is 12.9. The van der Waals surface area contributed by atoms with E-state index in [0.717, 1.165) is 38.9 Å². The molecular formula is C21H16Cl2N4O2S2. The van der Waals surface area contributed by atoms with Crippen molar-refractivity contribution in [3.8, 4) is 0 Å². The van der Waals surface area contributed by atoms with Crippen molar-refractivity contribution in [3.63, 3.8) is 0 Å². The zero-order valence-corrected chi connectivity index (χ0v) is 19.5. The Morgan fingerprint density at radius 3 is 2.65 bits per heavy atom. The van der Waals surface area contributed by atoms with Crippen molar-refractivity contribution in [1.82, 2.24) is 15.0 Å². The normalized spacial score (nSPS) is 15.2. The third kappa shape index (κ3) is 4.16. The van der Waals surface area contributed by atoms with Gasteiger partial charge in [0.2, 0.25) is 0 Å². The monoisotopic (exact) mass is 490 g/mol. The molecule has 0 saturated carbocycles.